The molecule has 0 bridgehead atoms. The van der Waals surface area contributed by atoms with E-state index in [1.54, 1.807) is 12.4 Å². The van der Waals surface area contributed by atoms with Crippen LogP contribution in [0.3, 0.4) is 0 Å². The molecule has 5 aromatic rings. The topological polar surface area (TPSA) is 70.7 Å². The largest absolute Gasteiger partial charge is 0.354 e. The number of amides is 1. The lowest BCUT2D eigenvalue weighted by molar-refractivity contribution is -0.115. The maximum absolute atomic E-state index is 12.6. The van der Waals surface area contributed by atoms with Crippen LogP contribution in [0.25, 0.3) is 33.1 Å². The highest BCUT2D eigenvalue weighted by molar-refractivity contribution is 6.08. The van der Waals surface area contributed by atoms with Gasteiger partial charge in [0, 0.05) is 51.1 Å². The highest BCUT2D eigenvalue weighted by atomic mass is 16.1. The van der Waals surface area contributed by atoms with Crippen molar-refractivity contribution < 1.29 is 4.79 Å². The van der Waals surface area contributed by atoms with E-state index in [0.29, 0.717) is 0 Å². The Labute approximate surface area is 180 Å². The third kappa shape index (κ3) is 3.78. The predicted octanol–water partition coefficient (Wildman–Crippen LogP) is 5.58. The summed E-state index contributed by atoms with van der Waals surface area (Å²) >= 11 is 0. The number of hydrogen-bond donors (Lipinski definition) is 2. The minimum Gasteiger partial charge on any atom is -0.354 e. The van der Waals surface area contributed by atoms with Crippen LogP contribution in [-0.2, 0) is 11.2 Å². The molecule has 0 saturated carbocycles. The molecule has 5 rings (SSSR count). The van der Waals surface area contributed by atoms with Crippen molar-refractivity contribution in [3.05, 3.63) is 89.9 Å². The van der Waals surface area contributed by atoms with E-state index in [0.717, 1.165) is 50.2 Å². The number of para-hydroxylation sites is 1. The van der Waals surface area contributed by atoms with E-state index in [-0.39, 0.29) is 12.3 Å². The first-order chi connectivity index (χ1) is 15.1. The van der Waals surface area contributed by atoms with Crippen LogP contribution in [0.5, 0.6) is 0 Å². The van der Waals surface area contributed by atoms with Gasteiger partial charge in [-0.25, -0.2) is 0 Å². The van der Waals surface area contributed by atoms with Crippen molar-refractivity contribution >= 4 is 33.4 Å². The summed E-state index contributed by atoms with van der Waals surface area (Å²) in [7, 11) is 0. The van der Waals surface area contributed by atoms with Crippen LogP contribution in [0.4, 0.5) is 5.69 Å². The fraction of sp³-hybridized carbons (Fsp3) is 0.115. The first-order valence-corrected chi connectivity index (χ1v) is 10.3. The average molecular weight is 406 g/mol. The molecule has 0 aliphatic heterocycles. The van der Waals surface area contributed by atoms with Gasteiger partial charge in [0.05, 0.1) is 12.1 Å². The van der Waals surface area contributed by atoms with Gasteiger partial charge < -0.3 is 10.3 Å². The molecule has 0 radical (unpaired) electrons. The SMILES string of the molecule is Cc1cc(-c2ncc(CC(=O)Nc3ccc4c(c3)[nH]c3ccccc34)cc2C)ccn1. The molecule has 1 amide bonds. The standard InChI is InChI=1S/C26H22N4O/c1-16-11-18(15-28-26(16)19-9-10-27-17(2)12-19)13-25(31)29-20-7-8-22-21-5-3-4-6-23(21)30-24(22)14-20/h3-12,14-15,30H,13H2,1-2H3,(H,29,31). The Balaban J connectivity index is 1.33. The molecule has 152 valence electrons. The fourth-order valence-corrected chi connectivity index (χ4v) is 4.05. The third-order valence-electron chi connectivity index (χ3n) is 5.46. The Kier molecular flexibility index (Phi) is 4.71. The van der Waals surface area contributed by atoms with Crippen LogP contribution in [-0.4, -0.2) is 20.9 Å². The monoisotopic (exact) mass is 406 g/mol. The quantitative estimate of drug-likeness (QED) is 0.409. The number of aromatic amines is 1. The molecule has 0 aliphatic carbocycles. The van der Waals surface area contributed by atoms with Gasteiger partial charge in [-0.2, -0.15) is 0 Å². The minimum atomic E-state index is -0.0656. The molecular formula is C26H22N4O. The van der Waals surface area contributed by atoms with Crippen molar-refractivity contribution in [1.82, 2.24) is 15.0 Å². The number of hydrogen-bond acceptors (Lipinski definition) is 3. The molecule has 0 fully saturated rings. The van der Waals surface area contributed by atoms with Gasteiger partial charge >= 0.3 is 0 Å². The van der Waals surface area contributed by atoms with Crippen LogP contribution in [0.1, 0.15) is 16.8 Å². The van der Waals surface area contributed by atoms with Crippen LogP contribution in [0.2, 0.25) is 0 Å². The Hall–Kier alpha value is -3.99. The molecule has 0 atom stereocenters. The van der Waals surface area contributed by atoms with Gasteiger partial charge in [0.15, 0.2) is 0 Å². The van der Waals surface area contributed by atoms with Crippen molar-refractivity contribution in [2.24, 2.45) is 0 Å². The number of aryl methyl sites for hydroxylation is 2. The summed E-state index contributed by atoms with van der Waals surface area (Å²) in [5.41, 5.74) is 7.70. The molecular weight excluding hydrogens is 384 g/mol. The number of benzene rings is 2. The first-order valence-electron chi connectivity index (χ1n) is 10.3. The number of nitrogens with zero attached hydrogens (tertiary/aromatic N) is 2. The van der Waals surface area contributed by atoms with Gasteiger partial charge in [-0.05, 0) is 55.3 Å². The van der Waals surface area contributed by atoms with E-state index < -0.39 is 0 Å². The smallest absolute Gasteiger partial charge is 0.228 e. The van der Waals surface area contributed by atoms with Crippen LogP contribution < -0.4 is 5.32 Å². The number of carbonyl (C=O) groups excluding carboxylic acids is 1. The normalized spacial score (nSPS) is 11.2. The van der Waals surface area contributed by atoms with Gasteiger partial charge in [-0.3, -0.25) is 14.8 Å². The average Bonchev–Trinajstić information content (AvgIpc) is 3.11. The molecule has 3 aromatic heterocycles. The summed E-state index contributed by atoms with van der Waals surface area (Å²) in [5.74, 6) is -0.0656. The molecule has 0 aliphatic rings. The summed E-state index contributed by atoms with van der Waals surface area (Å²) < 4.78 is 0. The van der Waals surface area contributed by atoms with E-state index in [4.69, 9.17) is 0 Å². The van der Waals surface area contributed by atoms with Crippen molar-refractivity contribution in [2.75, 3.05) is 5.32 Å². The zero-order valence-corrected chi connectivity index (χ0v) is 17.4. The number of nitrogens with one attached hydrogen (secondary N) is 2. The van der Waals surface area contributed by atoms with E-state index in [2.05, 4.69) is 32.4 Å². The molecule has 5 nitrogen and oxygen atoms in total. The molecule has 3 heterocycles. The Bertz CT molecular complexity index is 1430. The van der Waals surface area contributed by atoms with Gasteiger partial charge in [-0.1, -0.05) is 30.3 Å². The number of aromatic nitrogens is 3. The molecule has 31 heavy (non-hydrogen) atoms. The van der Waals surface area contributed by atoms with Gasteiger partial charge in [0.2, 0.25) is 5.91 Å². The molecule has 0 saturated heterocycles. The lowest BCUT2D eigenvalue weighted by Gasteiger charge is -2.09. The van der Waals surface area contributed by atoms with Crippen LogP contribution >= 0.6 is 0 Å². The summed E-state index contributed by atoms with van der Waals surface area (Å²) in [6.45, 7) is 3.98. The van der Waals surface area contributed by atoms with Crippen LogP contribution in [0, 0.1) is 13.8 Å². The number of rotatable bonds is 4. The summed E-state index contributed by atoms with van der Waals surface area (Å²) in [6.07, 6.45) is 3.84. The van der Waals surface area contributed by atoms with Crippen molar-refractivity contribution in [2.45, 2.75) is 20.3 Å². The van der Waals surface area contributed by atoms with Gasteiger partial charge in [-0.15, -0.1) is 0 Å². The zero-order chi connectivity index (χ0) is 21.4. The Morgan fingerprint density at radius 2 is 1.77 bits per heavy atom. The maximum atomic E-state index is 12.6. The van der Waals surface area contributed by atoms with E-state index in [1.165, 1.54) is 5.39 Å². The number of pyridine rings is 2. The van der Waals surface area contributed by atoms with Crippen molar-refractivity contribution in [3.8, 4) is 11.3 Å². The molecule has 2 N–H and O–H groups in total. The molecule has 0 spiro atoms. The van der Waals surface area contributed by atoms with Gasteiger partial charge in [0.25, 0.3) is 0 Å². The zero-order valence-electron chi connectivity index (χ0n) is 17.4. The molecule has 5 heteroatoms. The highest BCUT2D eigenvalue weighted by Gasteiger charge is 2.10. The van der Waals surface area contributed by atoms with Crippen molar-refractivity contribution in [1.29, 1.82) is 0 Å². The number of carbonyl (C=O) groups is 1. The second kappa shape index (κ2) is 7.69. The number of H-pyrrole nitrogens is 1. The number of anilines is 1. The van der Waals surface area contributed by atoms with E-state index in [9.17, 15) is 4.79 Å². The van der Waals surface area contributed by atoms with E-state index in [1.807, 2.05) is 62.4 Å². The third-order valence-corrected chi connectivity index (χ3v) is 5.46. The Morgan fingerprint density at radius 3 is 2.61 bits per heavy atom. The van der Waals surface area contributed by atoms with E-state index >= 15 is 0 Å². The fourth-order valence-electron chi connectivity index (χ4n) is 4.05. The van der Waals surface area contributed by atoms with Crippen LogP contribution in [0.15, 0.2) is 73.1 Å². The lowest BCUT2D eigenvalue weighted by Crippen LogP contribution is -2.14. The molecule has 2 aromatic carbocycles. The first kappa shape index (κ1) is 19.0. The summed E-state index contributed by atoms with van der Waals surface area (Å²) in [5, 5.41) is 5.34. The summed E-state index contributed by atoms with van der Waals surface area (Å²) in [4.78, 5) is 24.9. The number of fused-ring (bicyclic) bond motifs is 3. The highest BCUT2D eigenvalue weighted by Crippen LogP contribution is 2.27. The van der Waals surface area contributed by atoms with Crippen molar-refractivity contribution in [3.63, 3.8) is 0 Å². The second-order valence-electron chi connectivity index (χ2n) is 7.85. The Morgan fingerprint density at radius 1 is 0.935 bits per heavy atom. The second-order valence-corrected chi connectivity index (χ2v) is 7.85. The minimum absolute atomic E-state index is 0.0656. The lowest BCUT2D eigenvalue weighted by atomic mass is 10.0. The van der Waals surface area contributed by atoms with Gasteiger partial charge in [0.1, 0.15) is 0 Å². The summed E-state index contributed by atoms with van der Waals surface area (Å²) in [6, 6.07) is 20.2. The predicted molar refractivity (Wildman–Crippen MR) is 125 cm³/mol. The molecule has 0 unspecified atom stereocenters. The maximum Gasteiger partial charge on any atom is 0.228 e.